The van der Waals surface area contributed by atoms with Crippen LogP contribution in [-0.2, 0) is 6.42 Å². The van der Waals surface area contributed by atoms with Gasteiger partial charge in [0.05, 0.1) is 0 Å². The predicted molar refractivity (Wildman–Crippen MR) is 84.9 cm³/mol. The van der Waals surface area contributed by atoms with Gasteiger partial charge in [0.2, 0.25) is 0 Å². The van der Waals surface area contributed by atoms with Crippen LogP contribution < -0.4 is 5.73 Å². The van der Waals surface area contributed by atoms with Crippen LogP contribution in [0.25, 0.3) is 0 Å². The number of aryl methyl sites for hydroxylation is 1. The molecule has 2 aromatic carbocycles. The SMILES string of the molecule is NC(CCc1ccccc1)CSc1cccc(Cl)c1. The topological polar surface area (TPSA) is 26.0 Å². The van der Waals surface area contributed by atoms with Gasteiger partial charge in [0, 0.05) is 21.7 Å². The molecule has 19 heavy (non-hydrogen) atoms. The number of halogens is 1. The van der Waals surface area contributed by atoms with E-state index in [-0.39, 0.29) is 6.04 Å². The van der Waals surface area contributed by atoms with Gasteiger partial charge < -0.3 is 5.73 Å². The van der Waals surface area contributed by atoms with Crippen molar-refractivity contribution < 1.29 is 0 Å². The Morgan fingerprint density at radius 2 is 1.84 bits per heavy atom. The van der Waals surface area contributed by atoms with Gasteiger partial charge in [-0.05, 0) is 36.6 Å². The lowest BCUT2D eigenvalue weighted by Crippen LogP contribution is -2.23. The molecule has 0 aromatic heterocycles. The normalized spacial score (nSPS) is 12.3. The Labute approximate surface area is 124 Å². The van der Waals surface area contributed by atoms with E-state index >= 15 is 0 Å². The molecule has 0 amide bonds. The van der Waals surface area contributed by atoms with Crippen molar-refractivity contribution in [3.05, 3.63) is 65.2 Å². The summed E-state index contributed by atoms with van der Waals surface area (Å²) in [6, 6.07) is 18.6. The molecule has 2 rings (SSSR count). The van der Waals surface area contributed by atoms with Crippen LogP contribution in [0.3, 0.4) is 0 Å². The summed E-state index contributed by atoms with van der Waals surface area (Å²) in [5.41, 5.74) is 7.51. The fourth-order valence-electron chi connectivity index (χ4n) is 1.84. The third-order valence-electron chi connectivity index (χ3n) is 2.91. The maximum atomic E-state index is 6.15. The summed E-state index contributed by atoms with van der Waals surface area (Å²) in [5, 5.41) is 0.780. The largest absolute Gasteiger partial charge is 0.327 e. The number of benzene rings is 2. The Bertz CT molecular complexity index is 501. The van der Waals surface area contributed by atoms with E-state index in [1.54, 1.807) is 11.8 Å². The van der Waals surface area contributed by atoms with Gasteiger partial charge in [0.15, 0.2) is 0 Å². The molecule has 2 aromatic rings. The number of thioether (sulfide) groups is 1. The minimum absolute atomic E-state index is 0.212. The van der Waals surface area contributed by atoms with E-state index in [2.05, 4.69) is 30.3 Å². The average Bonchev–Trinajstić information content (AvgIpc) is 2.44. The van der Waals surface area contributed by atoms with Gasteiger partial charge in [-0.2, -0.15) is 0 Å². The van der Waals surface area contributed by atoms with E-state index in [9.17, 15) is 0 Å². The second-order valence-corrected chi connectivity index (χ2v) is 6.08. The Morgan fingerprint density at radius 1 is 1.05 bits per heavy atom. The maximum absolute atomic E-state index is 6.15. The highest BCUT2D eigenvalue weighted by molar-refractivity contribution is 7.99. The lowest BCUT2D eigenvalue weighted by molar-refractivity contribution is 0.674. The molecule has 0 radical (unpaired) electrons. The van der Waals surface area contributed by atoms with Gasteiger partial charge in [-0.25, -0.2) is 0 Å². The van der Waals surface area contributed by atoms with Gasteiger partial charge in [-0.1, -0.05) is 48.0 Å². The van der Waals surface area contributed by atoms with Crippen LogP contribution in [0.2, 0.25) is 5.02 Å². The van der Waals surface area contributed by atoms with Crippen LogP contribution in [0.4, 0.5) is 0 Å². The summed E-state index contributed by atoms with van der Waals surface area (Å²) < 4.78 is 0. The van der Waals surface area contributed by atoms with E-state index in [0.29, 0.717) is 0 Å². The van der Waals surface area contributed by atoms with Crippen molar-refractivity contribution in [2.24, 2.45) is 5.73 Å². The molecular formula is C16H18ClNS. The molecule has 2 N–H and O–H groups in total. The number of rotatable bonds is 6. The van der Waals surface area contributed by atoms with E-state index in [1.807, 2.05) is 24.3 Å². The molecule has 1 nitrogen and oxygen atoms in total. The summed E-state index contributed by atoms with van der Waals surface area (Å²) in [6.07, 6.45) is 2.05. The molecule has 0 heterocycles. The fourth-order valence-corrected chi connectivity index (χ4v) is 3.05. The summed E-state index contributed by atoms with van der Waals surface area (Å²) in [7, 11) is 0. The maximum Gasteiger partial charge on any atom is 0.0417 e. The number of hydrogen-bond donors (Lipinski definition) is 1. The van der Waals surface area contributed by atoms with Crippen LogP contribution in [0, 0.1) is 0 Å². The number of nitrogens with two attached hydrogens (primary N) is 1. The van der Waals surface area contributed by atoms with Crippen LogP contribution in [-0.4, -0.2) is 11.8 Å². The van der Waals surface area contributed by atoms with E-state index < -0.39 is 0 Å². The molecule has 0 aliphatic heterocycles. The molecule has 0 aliphatic rings. The van der Waals surface area contributed by atoms with E-state index in [1.165, 1.54) is 10.5 Å². The van der Waals surface area contributed by atoms with Crippen molar-refractivity contribution in [3.63, 3.8) is 0 Å². The third kappa shape index (κ3) is 5.27. The molecule has 0 aliphatic carbocycles. The molecule has 1 unspecified atom stereocenters. The second kappa shape index (κ2) is 7.59. The molecule has 0 bridgehead atoms. The zero-order chi connectivity index (χ0) is 13.5. The quantitative estimate of drug-likeness (QED) is 0.799. The summed E-state index contributed by atoms with van der Waals surface area (Å²) >= 11 is 7.73. The molecule has 0 saturated carbocycles. The van der Waals surface area contributed by atoms with Crippen molar-refractivity contribution in [1.82, 2.24) is 0 Å². The first-order valence-corrected chi connectivity index (χ1v) is 7.78. The highest BCUT2D eigenvalue weighted by atomic mass is 35.5. The Balaban J connectivity index is 1.74. The first-order valence-electron chi connectivity index (χ1n) is 6.42. The summed E-state index contributed by atoms with van der Waals surface area (Å²) in [5.74, 6) is 0.924. The standard InChI is InChI=1S/C16H18ClNS/c17-14-7-4-8-16(11-14)19-12-15(18)10-9-13-5-2-1-3-6-13/h1-8,11,15H,9-10,12,18H2. The minimum Gasteiger partial charge on any atom is -0.327 e. The molecule has 1 atom stereocenters. The molecule has 0 spiro atoms. The van der Waals surface area contributed by atoms with Crippen LogP contribution in [0.1, 0.15) is 12.0 Å². The Kier molecular flexibility index (Phi) is 5.77. The lowest BCUT2D eigenvalue weighted by atomic mass is 10.1. The molecule has 0 saturated heterocycles. The fraction of sp³-hybridized carbons (Fsp3) is 0.250. The van der Waals surface area contributed by atoms with Crippen LogP contribution in [0.5, 0.6) is 0 Å². The minimum atomic E-state index is 0.212. The molecule has 3 heteroatoms. The zero-order valence-electron chi connectivity index (χ0n) is 10.8. The first kappa shape index (κ1) is 14.4. The predicted octanol–water partition coefficient (Wildman–Crippen LogP) is 4.39. The number of hydrogen-bond acceptors (Lipinski definition) is 2. The summed E-state index contributed by atoms with van der Waals surface area (Å²) in [6.45, 7) is 0. The Hall–Kier alpha value is -0.960. The van der Waals surface area contributed by atoms with E-state index in [4.69, 9.17) is 17.3 Å². The van der Waals surface area contributed by atoms with Gasteiger partial charge in [0.1, 0.15) is 0 Å². The van der Waals surface area contributed by atoms with Crippen LogP contribution in [0.15, 0.2) is 59.5 Å². The highest BCUT2D eigenvalue weighted by Gasteiger charge is 2.04. The average molecular weight is 292 g/mol. The molecule has 100 valence electrons. The lowest BCUT2D eigenvalue weighted by Gasteiger charge is -2.11. The van der Waals surface area contributed by atoms with Crippen molar-refractivity contribution in [2.75, 3.05) is 5.75 Å². The molecular weight excluding hydrogens is 274 g/mol. The second-order valence-electron chi connectivity index (χ2n) is 4.55. The Morgan fingerprint density at radius 3 is 2.58 bits per heavy atom. The van der Waals surface area contributed by atoms with Gasteiger partial charge in [-0.15, -0.1) is 11.8 Å². The van der Waals surface area contributed by atoms with Crippen molar-refractivity contribution >= 4 is 23.4 Å². The zero-order valence-corrected chi connectivity index (χ0v) is 12.3. The van der Waals surface area contributed by atoms with Gasteiger partial charge in [-0.3, -0.25) is 0 Å². The first-order chi connectivity index (χ1) is 9.24. The van der Waals surface area contributed by atoms with Crippen molar-refractivity contribution in [1.29, 1.82) is 0 Å². The van der Waals surface area contributed by atoms with Crippen LogP contribution >= 0.6 is 23.4 Å². The molecule has 0 fully saturated rings. The monoisotopic (exact) mass is 291 g/mol. The van der Waals surface area contributed by atoms with Gasteiger partial charge >= 0.3 is 0 Å². The van der Waals surface area contributed by atoms with Crippen molar-refractivity contribution in [2.45, 2.75) is 23.8 Å². The summed E-state index contributed by atoms with van der Waals surface area (Å²) in [4.78, 5) is 1.18. The van der Waals surface area contributed by atoms with Gasteiger partial charge in [0.25, 0.3) is 0 Å². The third-order valence-corrected chi connectivity index (χ3v) is 4.32. The van der Waals surface area contributed by atoms with E-state index in [0.717, 1.165) is 23.6 Å². The highest BCUT2D eigenvalue weighted by Crippen LogP contribution is 2.22. The smallest absolute Gasteiger partial charge is 0.0417 e. The van der Waals surface area contributed by atoms with Crippen molar-refractivity contribution in [3.8, 4) is 0 Å².